The molecule has 1 heterocycles. The van der Waals surface area contributed by atoms with Gasteiger partial charge < -0.3 is 15.4 Å². The number of Topliss-reactive ketones (excluding diaryl/α,β-unsaturated/α-hetero) is 1. The number of rotatable bonds is 6. The third-order valence-corrected chi connectivity index (χ3v) is 7.08. The number of hydrogen-bond acceptors (Lipinski definition) is 4. The predicted octanol–water partition coefficient (Wildman–Crippen LogP) is 4.46. The van der Waals surface area contributed by atoms with Crippen LogP contribution in [0, 0.1) is 0 Å². The lowest BCUT2D eigenvalue weighted by Crippen LogP contribution is -2.49. The first-order valence-corrected chi connectivity index (χ1v) is 11.2. The SMILES string of the molecule is CCC1CCC(NCc2cc3c(cc2OC)CC(=O)C3(C)C)C(c2ccccc2)N1. The molecule has 4 rings (SSSR count). The molecular formula is C26H34N2O2. The van der Waals surface area contributed by atoms with Gasteiger partial charge in [-0.05, 0) is 61.9 Å². The Bertz CT molecular complexity index is 907. The normalized spacial score (nSPS) is 25.2. The molecule has 2 N–H and O–H groups in total. The molecule has 2 aromatic rings. The molecule has 0 amide bonds. The Hall–Kier alpha value is -2.17. The van der Waals surface area contributed by atoms with Crippen molar-refractivity contribution in [1.82, 2.24) is 10.6 Å². The topological polar surface area (TPSA) is 50.4 Å². The molecule has 1 saturated heterocycles. The van der Waals surface area contributed by atoms with Gasteiger partial charge in [-0.25, -0.2) is 0 Å². The van der Waals surface area contributed by atoms with Gasteiger partial charge in [0, 0.05) is 42.1 Å². The number of carbonyl (C=O) groups excluding carboxylic acids is 1. The Morgan fingerprint density at radius 1 is 1.17 bits per heavy atom. The van der Waals surface area contributed by atoms with Crippen molar-refractivity contribution >= 4 is 5.78 Å². The molecule has 1 aliphatic heterocycles. The lowest BCUT2D eigenvalue weighted by Gasteiger charge is -2.38. The van der Waals surface area contributed by atoms with E-state index in [4.69, 9.17) is 4.74 Å². The van der Waals surface area contributed by atoms with Gasteiger partial charge >= 0.3 is 0 Å². The summed E-state index contributed by atoms with van der Waals surface area (Å²) in [5.74, 6) is 1.16. The van der Waals surface area contributed by atoms with Crippen LogP contribution in [0.2, 0.25) is 0 Å². The number of benzene rings is 2. The minimum absolute atomic E-state index is 0.288. The van der Waals surface area contributed by atoms with Crippen molar-refractivity contribution in [3.8, 4) is 5.75 Å². The summed E-state index contributed by atoms with van der Waals surface area (Å²) in [6.45, 7) is 7.05. The molecule has 1 aliphatic carbocycles. The summed E-state index contributed by atoms with van der Waals surface area (Å²) in [7, 11) is 1.72. The predicted molar refractivity (Wildman–Crippen MR) is 121 cm³/mol. The van der Waals surface area contributed by atoms with Gasteiger partial charge in [-0.3, -0.25) is 4.79 Å². The van der Waals surface area contributed by atoms with Crippen molar-refractivity contribution in [3.63, 3.8) is 0 Å². The Morgan fingerprint density at radius 2 is 1.93 bits per heavy atom. The first-order chi connectivity index (χ1) is 14.4. The fourth-order valence-corrected chi connectivity index (χ4v) is 5.04. The maximum atomic E-state index is 12.5. The maximum Gasteiger partial charge on any atom is 0.147 e. The van der Waals surface area contributed by atoms with Crippen LogP contribution < -0.4 is 15.4 Å². The van der Waals surface area contributed by atoms with Crippen LogP contribution in [0.25, 0.3) is 0 Å². The minimum Gasteiger partial charge on any atom is -0.496 e. The Balaban J connectivity index is 1.56. The fourth-order valence-electron chi connectivity index (χ4n) is 5.04. The molecule has 0 saturated carbocycles. The van der Waals surface area contributed by atoms with Crippen LogP contribution in [0.1, 0.15) is 68.3 Å². The van der Waals surface area contributed by atoms with Gasteiger partial charge in [0.05, 0.1) is 7.11 Å². The average molecular weight is 407 g/mol. The quantitative estimate of drug-likeness (QED) is 0.744. The largest absolute Gasteiger partial charge is 0.496 e. The highest BCUT2D eigenvalue weighted by molar-refractivity contribution is 5.96. The molecule has 4 nitrogen and oxygen atoms in total. The second-order valence-electron chi connectivity index (χ2n) is 9.27. The molecule has 0 radical (unpaired) electrons. The zero-order chi connectivity index (χ0) is 21.3. The van der Waals surface area contributed by atoms with Gasteiger partial charge in [0.15, 0.2) is 0 Å². The molecule has 0 bridgehead atoms. The molecule has 4 heteroatoms. The second-order valence-corrected chi connectivity index (χ2v) is 9.27. The molecule has 3 unspecified atom stereocenters. The molecule has 1 fully saturated rings. The number of fused-ring (bicyclic) bond motifs is 1. The third-order valence-electron chi connectivity index (χ3n) is 7.08. The molecule has 0 aromatic heterocycles. The van der Waals surface area contributed by atoms with E-state index in [-0.39, 0.29) is 5.78 Å². The Labute approximate surface area is 180 Å². The van der Waals surface area contributed by atoms with E-state index in [2.05, 4.69) is 60.0 Å². The van der Waals surface area contributed by atoms with Gasteiger partial charge in [-0.1, -0.05) is 37.3 Å². The number of ketones is 1. The first-order valence-electron chi connectivity index (χ1n) is 11.2. The third kappa shape index (κ3) is 3.91. The second kappa shape index (κ2) is 8.52. The molecule has 2 aliphatic rings. The van der Waals surface area contributed by atoms with Crippen LogP contribution in [-0.2, 0) is 23.2 Å². The number of nitrogens with one attached hydrogen (secondary N) is 2. The Kier molecular flexibility index (Phi) is 5.99. The Morgan fingerprint density at radius 3 is 2.63 bits per heavy atom. The summed E-state index contributed by atoms with van der Waals surface area (Å²) in [6.07, 6.45) is 3.98. The minimum atomic E-state index is -0.413. The van der Waals surface area contributed by atoms with Crippen LogP contribution in [0.3, 0.4) is 0 Å². The summed E-state index contributed by atoms with van der Waals surface area (Å²) >= 11 is 0. The van der Waals surface area contributed by atoms with E-state index in [9.17, 15) is 4.79 Å². The highest BCUT2D eigenvalue weighted by atomic mass is 16.5. The van der Waals surface area contributed by atoms with Crippen LogP contribution >= 0.6 is 0 Å². The lowest BCUT2D eigenvalue weighted by molar-refractivity contribution is -0.121. The van der Waals surface area contributed by atoms with Gasteiger partial charge in [0.25, 0.3) is 0 Å². The van der Waals surface area contributed by atoms with Gasteiger partial charge in [0.2, 0.25) is 0 Å². The number of ether oxygens (including phenoxy) is 1. The van der Waals surface area contributed by atoms with Gasteiger partial charge in [0.1, 0.15) is 11.5 Å². The number of carbonyl (C=O) groups is 1. The number of methoxy groups -OCH3 is 1. The van der Waals surface area contributed by atoms with E-state index in [1.807, 2.05) is 13.8 Å². The van der Waals surface area contributed by atoms with E-state index in [0.29, 0.717) is 24.5 Å². The van der Waals surface area contributed by atoms with E-state index in [1.54, 1.807) is 7.11 Å². The van der Waals surface area contributed by atoms with E-state index in [0.717, 1.165) is 41.8 Å². The highest BCUT2D eigenvalue weighted by Gasteiger charge is 2.39. The molecule has 0 spiro atoms. The molecule has 160 valence electrons. The number of hydrogen-bond donors (Lipinski definition) is 2. The summed E-state index contributed by atoms with van der Waals surface area (Å²) < 4.78 is 5.69. The monoisotopic (exact) mass is 406 g/mol. The molecular weight excluding hydrogens is 372 g/mol. The van der Waals surface area contributed by atoms with Crippen molar-refractivity contribution in [1.29, 1.82) is 0 Å². The molecule has 2 aromatic carbocycles. The summed E-state index contributed by atoms with van der Waals surface area (Å²) in [5, 5.41) is 7.66. The lowest BCUT2D eigenvalue weighted by atomic mass is 9.84. The van der Waals surface area contributed by atoms with Gasteiger partial charge in [-0.15, -0.1) is 0 Å². The summed E-state index contributed by atoms with van der Waals surface area (Å²) in [5.41, 5.74) is 4.31. The zero-order valence-corrected chi connectivity index (χ0v) is 18.6. The maximum absolute atomic E-state index is 12.5. The van der Waals surface area contributed by atoms with Gasteiger partial charge in [-0.2, -0.15) is 0 Å². The first kappa shape index (κ1) is 21.1. The smallest absolute Gasteiger partial charge is 0.147 e. The van der Waals surface area contributed by atoms with Crippen LogP contribution in [0.15, 0.2) is 42.5 Å². The number of piperidine rings is 1. The van der Waals surface area contributed by atoms with Crippen LogP contribution in [-0.4, -0.2) is 25.0 Å². The van der Waals surface area contributed by atoms with Crippen molar-refractivity contribution in [3.05, 3.63) is 64.7 Å². The standard InChI is InChI=1S/C26H34N2O2/c1-5-20-11-12-22(25(28-20)17-9-7-6-8-10-17)27-16-19-13-21-18(14-23(19)30-4)15-24(29)26(21,2)3/h6-10,13-14,20,22,25,27-28H,5,11-12,15-16H2,1-4H3. The summed E-state index contributed by atoms with van der Waals surface area (Å²) in [4.78, 5) is 12.5. The van der Waals surface area contributed by atoms with Crippen LogP contribution in [0.4, 0.5) is 0 Å². The van der Waals surface area contributed by atoms with Crippen molar-refractivity contribution in [2.45, 2.75) is 76.5 Å². The zero-order valence-electron chi connectivity index (χ0n) is 18.6. The van der Waals surface area contributed by atoms with E-state index >= 15 is 0 Å². The van der Waals surface area contributed by atoms with Crippen LogP contribution in [0.5, 0.6) is 5.75 Å². The highest BCUT2D eigenvalue weighted by Crippen LogP contribution is 2.39. The van der Waals surface area contributed by atoms with E-state index < -0.39 is 5.41 Å². The average Bonchev–Trinajstić information content (AvgIpc) is 2.99. The molecule has 3 atom stereocenters. The molecule has 30 heavy (non-hydrogen) atoms. The summed E-state index contributed by atoms with van der Waals surface area (Å²) in [6, 6.07) is 16.2. The van der Waals surface area contributed by atoms with Crippen molar-refractivity contribution < 1.29 is 9.53 Å². The van der Waals surface area contributed by atoms with E-state index in [1.165, 1.54) is 12.0 Å². The van der Waals surface area contributed by atoms with Crippen molar-refractivity contribution in [2.75, 3.05) is 7.11 Å². The fraction of sp³-hybridized carbons (Fsp3) is 0.500. The van der Waals surface area contributed by atoms with Crippen molar-refractivity contribution in [2.24, 2.45) is 0 Å².